The Bertz CT molecular complexity index is 1200. The van der Waals surface area contributed by atoms with E-state index in [-0.39, 0.29) is 17.1 Å². The van der Waals surface area contributed by atoms with Gasteiger partial charge in [0.2, 0.25) is 5.76 Å². The third kappa shape index (κ3) is 4.14. The van der Waals surface area contributed by atoms with Crippen LogP contribution in [0.2, 0.25) is 0 Å². The molecule has 1 unspecified atom stereocenters. The van der Waals surface area contributed by atoms with Crippen molar-refractivity contribution in [2.45, 2.75) is 19.4 Å². The van der Waals surface area contributed by atoms with E-state index in [1.165, 1.54) is 0 Å². The van der Waals surface area contributed by atoms with Gasteiger partial charge in [0.15, 0.2) is 5.43 Å². The maximum atomic E-state index is 13.5. The van der Waals surface area contributed by atoms with Gasteiger partial charge in [0.25, 0.3) is 5.91 Å². The van der Waals surface area contributed by atoms with E-state index >= 15 is 0 Å². The highest BCUT2D eigenvalue weighted by Gasteiger charge is 2.42. The van der Waals surface area contributed by atoms with Gasteiger partial charge in [-0.3, -0.25) is 14.5 Å². The monoisotopic (exact) mass is 448 g/mol. The summed E-state index contributed by atoms with van der Waals surface area (Å²) in [7, 11) is 0. The quantitative estimate of drug-likeness (QED) is 0.551. The minimum atomic E-state index is -0.491. The molecule has 0 N–H and O–H groups in total. The van der Waals surface area contributed by atoms with Crippen molar-refractivity contribution in [2.75, 3.05) is 46.0 Å². The number of amides is 1. The molecule has 33 heavy (non-hydrogen) atoms. The van der Waals surface area contributed by atoms with Gasteiger partial charge in [-0.05, 0) is 36.2 Å². The van der Waals surface area contributed by atoms with Crippen molar-refractivity contribution in [3.8, 4) is 5.75 Å². The molecule has 0 radical (unpaired) electrons. The molecule has 172 valence electrons. The van der Waals surface area contributed by atoms with Crippen LogP contribution >= 0.6 is 0 Å². The standard InChI is InChI=1S/C26H28N2O5/c1-2-15-32-19-9-7-18(8-10-19)23-22-24(29)20-5-3-4-6-21(20)33-25(22)26(30)28(23)12-11-27-13-16-31-17-14-27/h3-10,23H,2,11-17H2,1H3. The first kappa shape index (κ1) is 21.7. The number of nitrogens with zero attached hydrogens (tertiary/aromatic N) is 2. The van der Waals surface area contributed by atoms with Crippen LogP contribution in [0.15, 0.2) is 57.7 Å². The minimum Gasteiger partial charge on any atom is -0.494 e. The largest absolute Gasteiger partial charge is 0.494 e. The first-order chi connectivity index (χ1) is 16.2. The highest BCUT2D eigenvalue weighted by molar-refractivity contribution is 5.99. The molecule has 3 aromatic rings. The summed E-state index contributed by atoms with van der Waals surface area (Å²) in [5.74, 6) is 0.685. The Morgan fingerprint density at radius 3 is 2.52 bits per heavy atom. The lowest BCUT2D eigenvalue weighted by Gasteiger charge is -2.31. The van der Waals surface area contributed by atoms with Crippen molar-refractivity contribution in [2.24, 2.45) is 0 Å². The molecule has 1 amide bonds. The molecule has 7 heteroatoms. The summed E-state index contributed by atoms with van der Waals surface area (Å²) in [5.41, 5.74) is 1.58. The zero-order valence-corrected chi connectivity index (χ0v) is 18.8. The number of carbonyl (C=O) groups excluding carboxylic acids is 1. The first-order valence-electron chi connectivity index (χ1n) is 11.6. The molecule has 0 bridgehead atoms. The minimum absolute atomic E-state index is 0.148. The van der Waals surface area contributed by atoms with Crippen molar-refractivity contribution in [1.82, 2.24) is 9.80 Å². The molecule has 2 aliphatic rings. The smallest absolute Gasteiger partial charge is 0.290 e. The number of benzene rings is 2. The molecule has 0 spiro atoms. The molecular formula is C26H28N2O5. The van der Waals surface area contributed by atoms with Gasteiger partial charge in [-0.1, -0.05) is 31.2 Å². The van der Waals surface area contributed by atoms with Crippen LogP contribution in [0.1, 0.15) is 41.1 Å². The Balaban J connectivity index is 1.54. The van der Waals surface area contributed by atoms with Crippen LogP contribution in [0.5, 0.6) is 5.75 Å². The molecule has 5 rings (SSSR count). The number of ether oxygens (including phenoxy) is 2. The maximum absolute atomic E-state index is 13.5. The van der Waals surface area contributed by atoms with E-state index < -0.39 is 6.04 Å². The van der Waals surface area contributed by atoms with Gasteiger partial charge in [-0.15, -0.1) is 0 Å². The van der Waals surface area contributed by atoms with Crippen molar-refractivity contribution in [3.63, 3.8) is 0 Å². The first-order valence-corrected chi connectivity index (χ1v) is 11.6. The number of hydrogen-bond acceptors (Lipinski definition) is 6. The summed E-state index contributed by atoms with van der Waals surface area (Å²) in [5, 5.41) is 0.493. The molecule has 1 saturated heterocycles. The van der Waals surface area contributed by atoms with E-state index in [0.29, 0.717) is 49.4 Å². The molecule has 1 atom stereocenters. The van der Waals surface area contributed by atoms with E-state index in [0.717, 1.165) is 30.8 Å². The van der Waals surface area contributed by atoms with E-state index in [4.69, 9.17) is 13.9 Å². The van der Waals surface area contributed by atoms with Crippen LogP contribution < -0.4 is 10.2 Å². The summed E-state index contributed by atoms with van der Waals surface area (Å²) in [4.78, 5) is 31.1. The van der Waals surface area contributed by atoms with Gasteiger partial charge in [-0.25, -0.2) is 0 Å². The lowest BCUT2D eigenvalue weighted by molar-refractivity contribution is 0.0314. The summed E-state index contributed by atoms with van der Waals surface area (Å²) in [6.45, 7) is 6.98. The van der Waals surface area contributed by atoms with Crippen LogP contribution in [-0.4, -0.2) is 61.7 Å². The zero-order valence-electron chi connectivity index (χ0n) is 18.8. The normalized spacial score (nSPS) is 18.6. The van der Waals surface area contributed by atoms with Crippen LogP contribution in [0.25, 0.3) is 11.0 Å². The molecule has 7 nitrogen and oxygen atoms in total. The second-order valence-electron chi connectivity index (χ2n) is 8.44. The Morgan fingerprint density at radius 2 is 1.76 bits per heavy atom. The number of morpholine rings is 1. The molecule has 3 heterocycles. The fourth-order valence-electron chi connectivity index (χ4n) is 4.58. The van der Waals surface area contributed by atoms with Gasteiger partial charge in [0.1, 0.15) is 11.3 Å². The van der Waals surface area contributed by atoms with Crippen molar-refractivity contribution >= 4 is 16.9 Å². The fourth-order valence-corrected chi connectivity index (χ4v) is 4.58. The average molecular weight is 449 g/mol. The zero-order chi connectivity index (χ0) is 22.8. The molecule has 0 aliphatic carbocycles. The Morgan fingerprint density at radius 1 is 1.00 bits per heavy atom. The van der Waals surface area contributed by atoms with E-state index in [9.17, 15) is 9.59 Å². The number of carbonyl (C=O) groups is 1. The topological polar surface area (TPSA) is 72.2 Å². The van der Waals surface area contributed by atoms with Gasteiger partial charge in [0, 0.05) is 26.2 Å². The van der Waals surface area contributed by atoms with Gasteiger partial charge >= 0.3 is 0 Å². The van der Waals surface area contributed by atoms with E-state index in [1.54, 1.807) is 23.1 Å². The Hall–Kier alpha value is -3.16. The molecule has 1 aromatic heterocycles. The summed E-state index contributed by atoms with van der Waals surface area (Å²) >= 11 is 0. The SMILES string of the molecule is CCCOc1ccc(C2c3c(oc4ccccc4c3=O)C(=O)N2CCN2CCOCC2)cc1. The van der Waals surface area contributed by atoms with Crippen LogP contribution in [0.3, 0.4) is 0 Å². The number of hydrogen-bond donors (Lipinski definition) is 0. The average Bonchev–Trinajstić information content (AvgIpc) is 3.14. The second-order valence-corrected chi connectivity index (χ2v) is 8.44. The predicted octanol–water partition coefficient (Wildman–Crippen LogP) is 3.46. The van der Waals surface area contributed by atoms with Crippen LogP contribution in [0.4, 0.5) is 0 Å². The number of rotatable bonds is 7. The maximum Gasteiger partial charge on any atom is 0.290 e. The van der Waals surface area contributed by atoms with Crippen molar-refractivity contribution in [1.29, 1.82) is 0 Å². The van der Waals surface area contributed by atoms with Gasteiger partial charge in [-0.2, -0.15) is 0 Å². The predicted molar refractivity (Wildman–Crippen MR) is 125 cm³/mol. The molecule has 2 aromatic carbocycles. The number of fused-ring (bicyclic) bond motifs is 2. The Labute approximate surface area is 192 Å². The van der Waals surface area contributed by atoms with Crippen molar-refractivity contribution < 1.29 is 18.7 Å². The highest BCUT2D eigenvalue weighted by Crippen LogP contribution is 2.38. The summed E-state index contributed by atoms with van der Waals surface area (Å²) in [6, 6.07) is 14.3. The Kier molecular flexibility index (Phi) is 6.15. The molecule has 0 saturated carbocycles. The van der Waals surface area contributed by atoms with E-state index in [2.05, 4.69) is 11.8 Å². The van der Waals surface area contributed by atoms with Gasteiger partial charge in [0.05, 0.1) is 36.8 Å². The summed E-state index contributed by atoms with van der Waals surface area (Å²) < 4.78 is 17.2. The van der Waals surface area contributed by atoms with Crippen LogP contribution in [0, 0.1) is 0 Å². The second kappa shape index (κ2) is 9.37. The van der Waals surface area contributed by atoms with Gasteiger partial charge < -0.3 is 18.8 Å². The summed E-state index contributed by atoms with van der Waals surface area (Å²) in [6.07, 6.45) is 0.926. The third-order valence-electron chi connectivity index (χ3n) is 6.30. The molecule has 2 aliphatic heterocycles. The third-order valence-corrected chi connectivity index (χ3v) is 6.30. The van der Waals surface area contributed by atoms with E-state index in [1.807, 2.05) is 30.3 Å². The molecule has 1 fully saturated rings. The van der Waals surface area contributed by atoms with Crippen molar-refractivity contribution in [3.05, 3.63) is 75.6 Å². The lowest BCUT2D eigenvalue weighted by Crippen LogP contribution is -2.42. The lowest BCUT2D eigenvalue weighted by atomic mass is 9.98. The fraction of sp³-hybridized carbons (Fsp3) is 0.385. The molecular weight excluding hydrogens is 420 g/mol. The number of para-hydroxylation sites is 1. The van der Waals surface area contributed by atoms with Crippen LogP contribution in [-0.2, 0) is 4.74 Å². The highest BCUT2D eigenvalue weighted by atomic mass is 16.5.